The number of hydroxylamine groups is 1. The van der Waals surface area contributed by atoms with Gasteiger partial charge in [-0.15, -0.1) is 0 Å². The molecule has 154 valence electrons. The summed E-state index contributed by atoms with van der Waals surface area (Å²) < 4.78 is 0. The molecule has 1 N–H and O–H groups in total. The van der Waals surface area contributed by atoms with E-state index in [4.69, 9.17) is 4.84 Å². The Balaban J connectivity index is 1.58. The van der Waals surface area contributed by atoms with Crippen molar-refractivity contribution in [1.29, 1.82) is 0 Å². The molecule has 3 aromatic carbocycles. The lowest BCUT2D eigenvalue weighted by molar-refractivity contribution is -0.126. The van der Waals surface area contributed by atoms with Gasteiger partial charge in [-0.05, 0) is 42.0 Å². The fraction of sp³-hybridized carbons (Fsp3) is 0.125. The maximum atomic E-state index is 13.4. The molecule has 3 unspecified atom stereocenters. The summed E-state index contributed by atoms with van der Waals surface area (Å²) in [7, 11) is 0. The first-order valence-corrected chi connectivity index (χ1v) is 9.83. The molecule has 7 heteroatoms. The van der Waals surface area contributed by atoms with Gasteiger partial charge in [0.15, 0.2) is 6.10 Å². The number of hydrogen-bond donors (Lipinski definition) is 1. The quantitative estimate of drug-likeness (QED) is 0.658. The van der Waals surface area contributed by atoms with Crippen LogP contribution in [0.2, 0.25) is 0 Å². The van der Waals surface area contributed by atoms with Crippen molar-refractivity contribution in [3.8, 4) is 0 Å². The Morgan fingerprint density at radius 3 is 1.94 bits per heavy atom. The molecule has 31 heavy (non-hydrogen) atoms. The van der Waals surface area contributed by atoms with Crippen molar-refractivity contribution < 1.29 is 24.3 Å². The first kappa shape index (κ1) is 19.0. The molecule has 3 atom stereocenters. The summed E-state index contributed by atoms with van der Waals surface area (Å²) in [5, 5.41) is 10.8. The molecule has 0 bridgehead atoms. The molecule has 0 aliphatic carbocycles. The zero-order valence-electron chi connectivity index (χ0n) is 16.3. The van der Waals surface area contributed by atoms with Gasteiger partial charge < -0.3 is 5.11 Å². The molecule has 7 nitrogen and oxygen atoms in total. The smallest absolute Gasteiger partial charge is 0.335 e. The molecular weight excluding hydrogens is 396 g/mol. The highest BCUT2D eigenvalue weighted by Crippen LogP contribution is 2.47. The summed E-state index contributed by atoms with van der Waals surface area (Å²) in [6, 6.07) is 23.7. The number of nitrogens with zero attached hydrogens (tertiary/aromatic N) is 2. The molecule has 2 aliphatic rings. The van der Waals surface area contributed by atoms with E-state index in [1.807, 2.05) is 36.4 Å². The lowest BCUT2D eigenvalue weighted by Gasteiger charge is -2.28. The molecule has 5 rings (SSSR count). The maximum Gasteiger partial charge on any atom is 0.335 e. The first-order chi connectivity index (χ1) is 15.1. The Morgan fingerprint density at radius 1 is 0.774 bits per heavy atom. The number of fused-ring (bicyclic) bond motifs is 1. The minimum atomic E-state index is -1.03. The molecule has 2 aliphatic heterocycles. The number of benzene rings is 3. The van der Waals surface area contributed by atoms with E-state index in [2.05, 4.69) is 0 Å². The van der Waals surface area contributed by atoms with E-state index in [0.717, 1.165) is 0 Å². The number of imide groups is 1. The van der Waals surface area contributed by atoms with Crippen LogP contribution in [0, 0.1) is 5.92 Å². The van der Waals surface area contributed by atoms with Crippen LogP contribution in [-0.4, -0.2) is 29.0 Å². The second-order valence-electron chi connectivity index (χ2n) is 7.43. The topological polar surface area (TPSA) is 87.2 Å². The van der Waals surface area contributed by atoms with Gasteiger partial charge in [-0.1, -0.05) is 48.5 Å². The number of amides is 2. The van der Waals surface area contributed by atoms with Crippen LogP contribution in [0.4, 0.5) is 11.4 Å². The predicted molar refractivity (Wildman–Crippen MR) is 112 cm³/mol. The van der Waals surface area contributed by atoms with Gasteiger partial charge in [0, 0.05) is 0 Å². The van der Waals surface area contributed by atoms with Crippen LogP contribution in [0.1, 0.15) is 22.0 Å². The molecule has 3 aromatic rings. The molecule has 0 aromatic heterocycles. The molecule has 2 heterocycles. The summed E-state index contributed by atoms with van der Waals surface area (Å²) in [6.45, 7) is 0. The molecule has 2 fully saturated rings. The van der Waals surface area contributed by atoms with Crippen LogP contribution in [0.3, 0.4) is 0 Å². The van der Waals surface area contributed by atoms with E-state index in [0.29, 0.717) is 16.9 Å². The molecule has 0 radical (unpaired) electrons. The number of carboxylic acids is 1. The standard InChI is InChI=1S/C24H18N2O5/c27-22-19-20(15-11-13-16(14-12-15)24(29)30)26(18-9-5-2-6-10-18)31-21(19)23(28)25(22)17-7-3-1-4-8-17/h1-14,19-21H,(H,29,30). The number of carbonyl (C=O) groups excluding carboxylic acids is 2. The van der Waals surface area contributed by atoms with Crippen molar-refractivity contribution in [2.75, 3.05) is 9.96 Å². The van der Waals surface area contributed by atoms with E-state index >= 15 is 0 Å². The van der Waals surface area contributed by atoms with E-state index < -0.39 is 29.9 Å². The van der Waals surface area contributed by atoms with Gasteiger partial charge in [-0.25, -0.2) is 14.8 Å². The Kier molecular flexibility index (Phi) is 4.52. The highest BCUT2D eigenvalue weighted by atomic mass is 16.7. The number of anilines is 2. The first-order valence-electron chi connectivity index (χ1n) is 9.83. The number of hydrogen-bond acceptors (Lipinski definition) is 5. The third kappa shape index (κ3) is 3.06. The minimum Gasteiger partial charge on any atom is -0.478 e. The van der Waals surface area contributed by atoms with Gasteiger partial charge in [-0.3, -0.25) is 14.4 Å². The summed E-state index contributed by atoms with van der Waals surface area (Å²) >= 11 is 0. The summed E-state index contributed by atoms with van der Waals surface area (Å²) in [5.74, 6) is -2.54. The third-order valence-electron chi connectivity index (χ3n) is 5.64. The number of carboxylic acid groups (broad SMARTS) is 1. The Labute approximate surface area is 178 Å². The van der Waals surface area contributed by atoms with Crippen LogP contribution in [0.15, 0.2) is 84.9 Å². The van der Waals surface area contributed by atoms with Gasteiger partial charge in [-0.2, -0.15) is 0 Å². The van der Waals surface area contributed by atoms with Crippen molar-refractivity contribution in [1.82, 2.24) is 0 Å². The maximum absolute atomic E-state index is 13.4. The van der Waals surface area contributed by atoms with E-state index in [1.165, 1.54) is 17.0 Å². The SMILES string of the molecule is O=C(O)c1ccc(C2C3C(=O)N(c4ccccc4)C(=O)C3ON2c2ccccc2)cc1. The van der Waals surface area contributed by atoms with Gasteiger partial charge in [0.25, 0.3) is 5.91 Å². The van der Waals surface area contributed by atoms with Crippen molar-refractivity contribution in [2.45, 2.75) is 12.1 Å². The third-order valence-corrected chi connectivity index (χ3v) is 5.64. The van der Waals surface area contributed by atoms with Gasteiger partial charge in [0.2, 0.25) is 5.91 Å². The van der Waals surface area contributed by atoms with E-state index in [1.54, 1.807) is 41.5 Å². The molecule has 0 spiro atoms. The molecule has 2 amide bonds. The molecule has 2 saturated heterocycles. The second kappa shape index (κ2) is 7.37. The Morgan fingerprint density at radius 2 is 1.35 bits per heavy atom. The molecular formula is C24H18N2O5. The zero-order valence-corrected chi connectivity index (χ0v) is 16.3. The summed E-state index contributed by atoms with van der Waals surface area (Å²) in [4.78, 5) is 45.1. The van der Waals surface area contributed by atoms with Gasteiger partial charge in [0.05, 0.1) is 23.0 Å². The Bertz CT molecular complexity index is 1150. The molecule has 0 saturated carbocycles. The number of aromatic carboxylic acids is 1. The average molecular weight is 414 g/mol. The summed E-state index contributed by atoms with van der Waals surface area (Å²) in [5.41, 5.74) is 2.04. The fourth-order valence-electron chi connectivity index (χ4n) is 4.21. The fourth-order valence-corrected chi connectivity index (χ4v) is 4.21. The minimum absolute atomic E-state index is 0.144. The van der Waals surface area contributed by atoms with Crippen LogP contribution in [0.5, 0.6) is 0 Å². The van der Waals surface area contributed by atoms with E-state index in [-0.39, 0.29) is 11.5 Å². The predicted octanol–water partition coefficient (Wildman–Crippen LogP) is 3.44. The second-order valence-corrected chi connectivity index (χ2v) is 7.43. The van der Waals surface area contributed by atoms with Crippen LogP contribution < -0.4 is 9.96 Å². The highest BCUT2D eigenvalue weighted by molar-refractivity contribution is 6.23. The lowest BCUT2D eigenvalue weighted by atomic mass is 9.90. The van der Waals surface area contributed by atoms with Crippen LogP contribution in [-0.2, 0) is 14.4 Å². The zero-order chi connectivity index (χ0) is 21.5. The normalized spacial score (nSPS) is 22.6. The summed E-state index contributed by atoms with van der Waals surface area (Å²) in [6.07, 6.45) is -0.961. The van der Waals surface area contributed by atoms with Crippen LogP contribution >= 0.6 is 0 Å². The van der Waals surface area contributed by atoms with E-state index in [9.17, 15) is 19.5 Å². The van der Waals surface area contributed by atoms with Crippen LogP contribution in [0.25, 0.3) is 0 Å². The number of para-hydroxylation sites is 2. The van der Waals surface area contributed by atoms with Gasteiger partial charge in [0.1, 0.15) is 5.92 Å². The largest absolute Gasteiger partial charge is 0.478 e. The lowest BCUT2D eigenvalue weighted by Crippen LogP contribution is -2.37. The van der Waals surface area contributed by atoms with Gasteiger partial charge >= 0.3 is 5.97 Å². The monoisotopic (exact) mass is 414 g/mol. The van der Waals surface area contributed by atoms with Crippen molar-refractivity contribution in [3.63, 3.8) is 0 Å². The van der Waals surface area contributed by atoms with Crippen molar-refractivity contribution in [3.05, 3.63) is 96.1 Å². The highest BCUT2D eigenvalue weighted by Gasteiger charge is 2.60. The van der Waals surface area contributed by atoms with Crippen molar-refractivity contribution >= 4 is 29.2 Å². The number of carbonyl (C=O) groups is 3. The Hall–Kier alpha value is -3.97. The van der Waals surface area contributed by atoms with Crippen molar-refractivity contribution in [2.24, 2.45) is 5.92 Å². The average Bonchev–Trinajstić information content (AvgIpc) is 3.31. The number of rotatable bonds is 4.